The van der Waals surface area contributed by atoms with E-state index in [0.29, 0.717) is 6.61 Å². The molecule has 2 aromatic rings. The molecule has 1 saturated heterocycles. The summed E-state index contributed by atoms with van der Waals surface area (Å²) in [5, 5.41) is 0. The summed E-state index contributed by atoms with van der Waals surface area (Å²) in [6, 6.07) is 18.9. The van der Waals surface area contributed by atoms with Crippen molar-refractivity contribution in [1.82, 2.24) is 0 Å². The van der Waals surface area contributed by atoms with Crippen molar-refractivity contribution in [3.63, 3.8) is 0 Å². The lowest BCUT2D eigenvalue weighted by atomic mass is 10.1. The number of halogens is 1. The fourth-order valence-corrected chi connectivity index (χ4v) is 2.84. The van der Waals surface area contributed by atoms with Gasteiger partial charge in [-0.1, -0.05) is 58.4 Å². The topological polar surface area (TPSA) is 18.5 Å². The highest BCUT2D eigenvalue weighted by Gasteiger charge is 2.25. The molecule has 1 aliphatic heterocycles. The maximum atomic E-state index is 5.98. The molecule has 0 N–H and O–H groups in total. The maximum Gasteiger partial charge on any atom is 0.158 e. The number of hydrogen-bond donors (Lipinski definition) is 0. The predicted molar refractivity (Wildman–Crippen MR) is 87.2 cm³/mol. The van der Waals surface area contributed by atoms with E-state index >= 15 is 0 Å². The zero-order valence-corrected chi connectivity index (χ0v) is 13.5. The third-order valence-corrected chi connectivity index (χ3v) is 4.23. The Kier molecular flexibility index (Phi) is 5.07. The number of hydrogen-bond acceptors (Lipinski definition) is 2. The van der Waals surface area contributed by atoms with Crippen LogP contribution in [-0.4, -0.2) is 19.0 Å². The number of rotatable bonds is 5. The second kappa shape index (κ2) is 7.21. The minimum Gasteiger partial charge on any atom is -0.350 e. The Morgan fingerprint density at radius 2 is 1.71 bits per heavy atom. The second-order valence-corrected chi connectivity index (χ2v) is 6.29. The molecule has 1 aliphatic rings. The lowest BCUT2D eigenvalue weighted by Crippen LogP contribution is -2.15. The third kappa shape index (κ3) is 4.40. The van der Waals surface area contributed by atoms with Crippen molar-refractivity contribution in [3.8, 4) is 0 Å². The lowest BCUT2D eigenvalue weighted by Gasteiger charge is -2.11. The van der Waals surface area contributed by atoms with Gasteiger partial charge in [-0.05, 0) is 29.7 Å². The van der Waals surface area contributed by atoms with Crippen LogP contribution in [0.4, 0.5) is 0 Å². The van der Waals surface area contributed by atoms with Gasteiger partial charge in [0.25, 0.3) is 0 Å². The highest BCUT2D eigenvalue weighted by molar-refractivity contribution is 9.10. The first-order chi connectivity index (χ1) is 10.3. The normalized spacial score (nSPS) is 21.6. The van der Waals surface area contributed by atoms with Crippen LogP contribution >= 0.6 is 15.9 Å². The number of benzene rings is 2. The zero-order chi connectivity index (χ0) is 14.5. The van der Waals surface area contributed by atoms with Crippen molar-refractivity contribution in [3.05, 3.63) is 70.2 Å². The third-order valence-electron chi connectivity index (χ3n) is 3.70. The fourth-order valence-electron chi connectivity index (χ4n) is 2.58. The highest BCUT2D eigenvalue weighted by Crippen LogP contribution is 2.20. The van der Waals surface area contributed by atoms with Gasteiger partial charge >= 0.3 is 0 Å². The molecule has 1 heterocycles. The molecule has 0 aromatic heterocycles. The zero-order valence-electron chi connectivity index (χ0n) is 11.9. The molecule has 3 rings (SSSR count). The van der Waals surface area contributed by atoms with E-state index in [0.717, 1.165) is 23.7 Å². The molecule has 2 atom stereocenters. The Labute approximate surface area is 134 Å². The summed E-state index contributed by atoms with van der Waals surface area (Å²) in [5.41, 5.74) is 2.62. The monoisotopic (exact) mass is 346 g/mol. The van der Waals surface area contributed by atoms with E-state index in [1.54, 1.807) is 0 Å². The molecule has 0 amide bonds. The van der Waals surface area contributed by atoms with Gasteiger partial charge in [0.2, 0.25) is 0 Å². The van der Waals surface area contributed by atoms with Crippen LogP contribution in [-0.2, 0) is 22.3 Å². The van der Waals surface area contributed by atoms with E-state index in [1.165, 1.54) is 11.1 Å². The molecule has 0 aliphatic carbocycles. The quantitative estimate of drug-likeness (QED) is 0.800. The molecule has 3 heteroatoms. The fraction of sp³-hybridized carbons (Fsp3) is 0.333. The summed E-state index contributed by atoms with van der Waals surface area (Å²) < 4.78 is 12.8. The second-order valence-electron chi connectivity index (χ2n) is 5.38. The SMILES string of the molecule is Brc1ccc(CCC2OCC(Cc3ccccc3)O2)cc1. The van der Waals surface area contributed by atoms with Crippen molar-refractivity contribution in [2.45, 2.75) is 31.7 Å². The van der Waals surface area contributed by atoms with Gasteiger partial charge in [0.1, 0.15) is 0 Å². The molecule has 0 radical (unpaired) electrons. The molecule has 0 saturated carbocycles. The maximum absolute atomic E-state index is 5.98. The van der Waals surface area contributed by atoms with Gasteiger partial charge in [0.15, 0.2) is 6.29 Å². The summed E-state index contributed by atoms with van der Waals surface area (Å²) in [6.45, 7) is 0.694. The van der Waals surface area contributed by atoms with Gasteiger partial charge in [-0.3, -0.25) is 0 Å². The Morgan fingerprint density at radius 3 is 2.48 bits per heavy atom. The average Bonchev–Trinajstić information content (AvgIpc) is 2.95. The van der Waals surface area contributed by atoms with E-state index < -0.39 is 0 Å². The van der Waals surface area contributed by atoms with Gasteiger partial charge in [-0.15, -0.1) is 0 Å². The van der Waals surface area contributed by atoms with Crippen LogP contribution in [0, 0.1) is 0 Å². The Hall–Kier alpha value is -1.16. The summed E-state index contributed by atoms with van der Waals surface area (Å²) >= 11 is 3.45. The molecule has 110 valence electrons. The Balaban J connectivity index is 1.45. The standard InChI is InChI=1S/C18H19BrO2/c19-16-9-6-14(7-10-16)8-11-18-20-13-17(21-18)12-15-4-2-1-3-5-15/h1-7,9-10,17-18H,8,11-13H2. The molecule has 2 nitrogen and oxygen atoms in total. The molecular formula is C18H19BrO2. The van der Waals surface area contributed by atoms with Crippen molar-refractivity contribution in [1.29, 1.82) is 0 Å². The van der Waals surface area contributed by atoms with E-state index in [1.807, 2.05) is 6.07 Å². The summed E-state index contributed by atoms with van der Waals surface area (Å²) in [7, 11) is 0. The molecule has 2 unspecified atom stereocenters. The van der Waals surface area contributed by atoms with Crippen LogP contribution in [0.5, 0.6) is 0 Å². The molecule has 0 spiro atoms. The molecule has 2 aromatic carbocycles. The lowest BCUT2D eigenvalue weighted by molar-refractivity contribution is -0.0612. The van der Waals surface area contributed by atoms with Crippen molar-refractivity contribution < 1.29 is 9.47 Å². The Morgan fingerprint density at radius 1 is 0.952 bits per heavy atom. The smallest absolute Gasteiger partial charge is 0.158 e. The first kappa shape index (κ1) is 14.8. The van der Waals surface area contributed by atoms with Crippen LogP contribution in [0.3, 0.4) is 0 Å². The van der Waals surface area contributed by atoms with Crippen LogP contribution in [0.25, 0.3) is 0 Å². The largest absolute Gasteiger partial charge is 0.350 e. The van der Waals surface area contributed by atoms with Gasteiger partial charge in [0.05, 0.1) is 12.7 Å². The molecule has 1 fully saturated rings. The first-order valence-electron chi connectivity index (χ1n) is 7.35. The van der Waals surface area contributed by atoms with Crippen LogP contribution in [0.2, 0.25) is 0 Å². The minimum atomic E-state index is -0.0673. The van der Waals surface area contributed by atoms with E-state index in [4.69, 9.17) is 9.47 Å². The van der Waals surface area contributed by atoms with Gasteiger partial charge in [-0.25, -0.2) is 0 Å². The van der Waals surface area contributed by atoms with Gasteiger partial charge in [-0.2, -0.15) is 0 Å². The van der Waals surface area contributed by atoms with E-state index in [-0.39, 0.29) is 12.4 Å². The summed E-state index contributed by atoms with van der Waals surface area (Å²) in [6.07, 6.45) is 2.93. The number of ether oxygens (including phenoxy) is 2. The molecular weight excluding hydrogens is 328 g/mol. The average molecular weight is 347 g/mol. The summed E-state index contributed by atoms with van der Waals surface area (Å²) in [5.74, 6) is 0. The van der Waals surface area contributed by atoms with E-state index in [9.17, 15) is 0 Å². The van der Waals surface area contributed by atoms with Crippen LogP contribution < -0.4 is 0 Å². The van der Waals surface area contributed by atoms with Gasteiger partial charge < -0.3 is 9.47 Å². The van der Waals surface area contributed by atoms with E-state index in [2.05, 4.69) is 64.5 Å². The van der Waals surface area contributed by atoms with Crippen molar-refractivity contribution in [2.75, 3.05) is 6.61 Å². The Bertz CT molecular complexity index is 553. The van der Waals surface area contributed by atoms with Crippen molar-refractivity contribution in [2.24, 2.45) is 0 Å². The molecule has 21 heavy (non-hydrogen) atoms. The predicted octanol–water partition coefficient (Wildman–Crippen LogP) is 4.37. The molecule has 0 bridgehead atoms. The van der Waals surface area contributed by atoms with Gasteiger partial charge in [0, 0.05) is 17.3 Å². The first-order valence-corrected chi connectivity index (χ1v) is 8.14. The number of aryl methyl sites for hydroxylation is 1. The van der Waals surface area contributed by atoms with Crippen LogP contribution in [0.15, 0.2) is 59.1 Å². The summed E-state index contributed by atoms with van der Waals surface area (Å²) in [4.78, 5) is 0. The van der Waals surface area contributed by atoms with Crippen molar-refractivity contribution >= 4 is 15.9 Å². The van der Waals surface area contributed by atoms with Crippen LogP contribution in [0.1, 0.15) is 17.5 Å². The minimum absolute atomic E-state index is 0.0673. The highest BCUT2D eigenvalue weighted by atomic mass is 79.9.